The monoisotopic (exact) mass is 407 g/mol. The summed E-state index contributed by atoms with van der Waals surface area (Å²) in [6.45, 7) is 2.07. The maximum atomic E-state index is 12.4. The van der Waals surface area contributed by atoms with Gasteiger partial charge in [-0.05, 0) is 60.0 Å². The van der Waals surface area contributed by atoms with Crippen molar-refractivity contribution in [3.8, 4) is 0 Å². The summed E-state index contributed by atoms with van der Waals surface area (Å²) in [4.78, 5) is 16.2. The average molecular weight is 407 g/mol. The first kappa shape index (κ1) is 20.3. The summed E-state index contributed by atoms with van der Waals surface area (Å²) in [6, 6.07) is 18.8. The molecule has 0 aliphatic rings. The topological polar surface area (TPSA) is 88.2 Å². The minimum Gasteiger partial charge on any atom is -0.323 e. The van der Waals surface area contributed by atoms with Gasteiger partial charge in [-0.2, -0.15) is 0 Å². The van der Waals surface area contributed by atoms with E-state index in [0.29, 0.717) is 5.69 Å². The van der Waals surface area contributed by atoms with Gasteiger partial charge in [-0.1, -0.05) is 37.3 Å². The highest BCUT2D eigenvalue weighted by molar-refractivity contribution is 7.92. The van der Waals surface area contributed by atoms with Crippen molar-refractivity contribution >= 4 is 33.5 Å². The zero-order chi connectivity index (χ0) is 20.7. The van der Waals surface area contributed by atoms with Crippen molar-refractivity contribution in [1.82, 2.24) is 4.98 Å². The third-order valence-corrected chi connectivity index (χ3v) is 5.49. The Morgan fingerprint density at radius 2 is 1.83 bits per heavy atom. The first-order chi connectivity index (χ1) is 14.0. The molecule has 0 atom stereocenters. The van der Waals surface area contributed by atoms with E-state index in [1.165, 1.54) is 42.1 Å². The molecular weight excluding hydrogens is 386 g/mol. The number of nitrogens with zero attached hydrogens (tertiary/aromatic N) is 1. The number of carbonyl (C=O) groups is 1. The Morgan fingerprint density at radius 3 is 2.52 bits per heavy atom. The minimum atomic E-state index is -3.75. The standard InChI is InChI=1S/C22H21N3O3S/c1-2-17-6-5-7-18(16-17)9-14-22(26)24-19-10-12-20(13-11-19)29(27,28)25-21-8-3-4-15-23-21/h3-16H,2H2,1H3,(H,23,25)(H,24,26)/b14-9+. The van der Waals surface area contributed by atoms with Crippen molar-refractivity contribution in [3.05, 3.63) is 90.1 Å². The number of carbonyl (C=O) groups excluding carboxylic acids is 1. The highest BCUT2D eigenvalue weighted by atomic mass is 32.2. The molecule has 3 aromatic rings. The molecule has 0 aliphatic heterocycles. The summed E-state index contributed by atoms with van der Waals surface area (Å²) in [5.41, 5.74) is 2.64. The van der Waals surface area contributed by atoms with Gasteiger partial charge in [-0.25, -0.2) is 13.4 Å². The number of hydrogen-bond acceptors (Lipinski definition) is 4. The van der Waals surface area contributed by atoms with Crippen LogP contribution in [0.3, 0.4) is 0 Å². The van der Waals surface area contributed by atoms with Crippen LogP contribution >= 0.6 is 0 Å². The van der Waals surface area contributed by atoms with Crippen LogP contribution in [-0.4, -0.2) is 19.3 Å². The molecule has 0 bridgehead atoms. The van der Waals surface area contributed by atoms with Crippen LogP contribution in [0.25, 0.3) is 6.08 Å². The number of anilines is 2. The normalized spacial score (nSPS) is 11.3. The molecule has 29 heavy (non-hydrogen) atoms. The van der Waals surface area contributed by atoms with Gasteiger partial charge in [0.05, 0.1) is 4.90 Å². The molecule has 6 nitrogen and oxygen atoms in total. The molecule has 1 heterocycles. The minimum absolute atomic E-state index is 0.0769. The lowest BCUT2D eigenvalue weighted by Gasteiger charge is -2.08. The van der Waals surface area contributed by atoms with E-state index < -0.39 is 10.0 Å². The fourth-order valence-electron chi connectivity index (χ4n) is 2.61. The van der Waals surface area contributed by atoms with Crippen molar-refractivity contribution < 1.29 is 13.2 Å². The van der Waals surface area contributed by atoms with E-state index in [-0.39, 0.29) is 16.6 Å². The van der Waals surface area contributed by atoms with E-state index in [0.717, 1.165) is 12.0 Å². The molecule has 0 spiro atoms. The zero-order valence-electron chi connectivity index (χ0n) is 15.9. The number of rotatable bonds is 7. The maximum absolute atomic E-state index is 12.4. The third kappa shape index (κ3) is 5.76. The number of sulfonamides is 1. The van der Waals surface area contributed by atoms with Gasteiger partial charge in [0.1, 0.15) is 5.82 Å². The number of pyridine rings is 1. The number of aromatic nitrogens is 1. The van der Waals surface area contributed by atoms with E-state index in [1.54, 1.807) is 24.3 Å². The molecule has 2 aromatic carbocycles. The first-order valence-electron chi connectivity index (χ1n) is 9.08. The summed E-state index contributed by atoms with van der Waals surface area (Å²) in [5, 5.41) is 2.72. The number of hydrogen-bond donors (Lipinski definition) is 2. The highest BCUT2D eigenvalue weighted by Crippen LogP contribution is 2.17. The molecule has 0 unspecified atom stereocenters. The Hall–Kier alpha value is -3.45. The Balaban J connectivity index is 1.64. The van der Waals surface area contributed by atoms with Crippen LogP contribution < -0.4 is 10.0 Å². The Bertz CT molecular complexity index is 1110. The van der Waals surface area contributed by atoms with Crippen molar-refractivity contribution in [1.29, 1.82) is 0 Å². The van der Waals surface area contributed by atoms with E-state index in [2.05, 4.69) is 21.9 Å². The van der Waals surface area contributed by atoms with Crippen molar-refractivity contribution in [2.24, 2.45) is 0 Å². The van der Waals surface area contributed by atoms with Gasteiger partial charge in [0, 0.05) is 18.0 Å². The molecular formula is C22H21N3O3S. The number of aryl methyl sites for hydroxylation is 1. The molecule has 1 aromatic heterocycles. The summed E-state index contributed by atoms with van der Waals surface area (Å²) >= 11 is 0. The molecule has 2 N–H and O–H groups in total. The second-order valence-electron chi connectivity index (χ2n) is 6.27. The molecule has 0 fully saturated rings. The van der Waals surface area contributed by atoms with Crippen LogP contribution in [-0.2, 0) is 21.2 Å². The quantitative estimate of drug-likeness (QED) is 0.577. The van der Waals surface area contributed by atoms with Gasteiger partial charge in [-0.3, -0.25) is 9.52 Å². The molecule has 0 radical (unpaired) electrons. The van der Waals surface area contributed by atoms with Crippen molar-refractivity contribution in [3.63, 3.8) is 0 Å². The lowest BCUT2D eigenvalue weighted by molar-refractivity contribution is -0.111. The SMILES string of the molecule is CCc1cccc(/C=C/C(=O)Nc2ccc(S(=O)(=O)Nc3ccccn3)cc2)c1. The van der Waals surface area contributed by atoms with Crippen LogP contribution in [0.15, 0.2) is 83.9 Å². The highest BCUT2D eigenvalue weighted by Gasteiger charge is 2.14. The number of benzene rings is 2. The van der Waals surface area contributed by atoms with Crippen LogP contribution in [0, 0.1) is 0 Å². The predicted octanol–water partition coefficient (Wildman–Crippen LogP) is 4.10. The van der Waals surface area contributed by atoms with Gasteiger partial charge in [0.15, 0.2) is 0 Å². The predicted molar refractivity (Wildman–Crippen MR) is 115 cm³/mol. The van der Waals surface area contributed by atoms with Crippen LogP contribution in [0.4, 0.5) is 11.5 Å². The largest absolute Gasteiger partial charge is 0.323 e. The summed E-state index contributed by atoms with van der Waals surface area (Å²) < 4.78 is 27.2. The van der Waals surface area contributed by atoms with Gasteiger partial charge >= 0.3 is 0 Å². The molecule has 7 heteroatoms. The Kier molecular flexibility index (Phi) is 6.41. The van der Waals surface area contributed by atoms with E-state index in [1.807, 2.05) is 24.3 Å². The third-order valence-electron chi connectivity index (χ3n) is 4.12. The van der Waals surface area contributed by atoms with Gasteiger partial charge < -0.3 is 5.32 Å². The maximum Gasteiger partial charge on any atom is 0.263 e. The zero-order valence-corrected chi connectivity index (χ0v) is 16.7. The smallest absolute Gasteiger partial charge is 0.263 e. The molecule has 0 aliphatic carbocycles. The van der Waals surface area contributed by atoms with Crippen LogP contribution in [0.5, 0.6) is 0 Å². The second kappa shape index (κ2) is 9.16. The lowest BCUT2D eigenvalue weighted by Crippen LogP contribution is -2.14. The number of nitrogens with one attached hydrogen (secondary N) is 2. The van der Waals surface area contributed by atoms with Gasteiger partial charge in [0.25, 0.3) is 10.0 Å². The fraction of sp³-hybridized carbons (Fsp3) is 0.0909. The molecule has 148 valence electrons. The molecule has 0 saturated carbocycles. The summed E-state index contributed by atoms with van der Waals surface area (Å²) in [7, 11) is -3.75. The van der Waals surface area contributed by atoms with Gasteiger partial charge in [0.2, 0.25) is 5.91 Å². The Morgan fingerprint density at radius 1 is 1.03 bits per heavy atom. The van der Waals surface area contributed by atoms with Crippen LogP contribution in [0.2, 0.25) is 0 Å². The van der Waals surface area contributed by atoms with Crippen molar-refractivity contribution in [2.45, 2.75) is 18.2 Å². The second-order valence-corrected chi connectivity index (χ2v) is 7.95. The van der Waals surface area contributed by atoms with E-state index >= 15 is 0 Å². The summed E-state index contributed by atoms with van der Waals surface area (Å²) in [6.07, 6.45) is 5.62. The molecule has 3 rings (SSSR count). The first-order valence-corrected chi connectivity index (χ1v) is 10.6. The summed E-state index contributed by atoms with van der Waals surface area (Å²) in [5.74, 6) is -0.0590. The average Bonchev–Trinajstić information content (AvgIpc) is 2.73. The van der Waals surface area contributed by atoms with Gasteiger partial charge in [-0.15, -0.1) is 0 Å². The van der Waals surface area contributed by atoms with E-state index in [4.69, 9.17) is 0 Å². The fourth-order valence-corrected chi connectivity index (χ4v) is 3.62. The molecule has 1 amide bonds. The molecule has 0 saturated heterocycles. The number of amides is 1. The van der Waals surface area contributed by atoms with E-state index in [9.17, 15) is 13.2 Å². The van der Waals surface area contributed by atoms with Crippen molar-refractivity contribution in [2.75, 3.05) is 10.0 Å². The lowest BCUT2D eigenvalue weighted by atomic mass is 10.1. The Labute approximate surface area is 170 Å². The van der Waals surface area contributed by atoms with Crippen LogP contribution in [0.1, 0.15) is 18.1 Å².